The normalized spacial score (nSPS) is 25.0. The largest absolute Gasteiger partial charge is 0.492 e. The molecule has 0 bridgehead atoms. The zero-order chi connectivity index (χ0) is 16.3. The van der Waals surface area contributed by atoms with E-state index in [4.69, 9.17) is 9.47 Å². The molecule has 4 heteroatoms. The van der Waals surface area contributed by atoms with Gasteiger partial charge in [-0.2, -0.15) is 0 Å². The number of rotatable bonds is 4. The van der Waals surface area contributed by atoms with E-state index >= 15 is 0 Å². The summed E-state index contributed by atoms with van der Waals surface area (Å²) in [6, 6.07) is 6.12. The van der Waals surface area contributed by atoms with Gasteiger partial charge in [0.25, 0.3) is 0 Å². The lowest BCUT2D eigenvalue weighted by Gasteiger charge is -2.26. The van der Waals surface area contributed by atoms with Gasteiger partial charge < -0.3 is 14.4 Å². The molecule has 2 aliphatic rings. The van der Waals surface area contributed by atoms with Crippen molar-refractivity contribution < 1.29 is 14.3 Å². The molecule has 3 rings (SSSR count). The Morgan fingerprint density at radius 1 is 1.22 bits per heavy atom. The molecule has 4 nitrogen and oxygen atoms in total. The molecule has 2 saturated heterocycles. The van der Waals surface area contributed by atoms with Gasteiger partial charge in [0, 0.05) is 19.6 Å². The SMILES string of the molecule is Cc1ccc(OCCN2CC[C@@]3(CCCO3)CCC2=O)cc1C. The van der Waals surface area contributed by atoms with Crippen molar-refractivity contribution in [1.29, 1.82) is 0 Å². The third-order valence-corrected chi connectivity index (χ3v) is 5.28. The average Bonchev–Trinajstić information content (AvgIpc) is 2.94. The first kappa shape index (κ1) is 16.3. The van der Waals surface area contributed by atoms with E-state index in [2.05, 4.69) is 26.0 Å². The van der Waals surface area contributed by atoms with E-state index < -0.39 is 0 Å². The Balaban J connectivity index is 1.51. The number of aryl methyl sites for hydroxylation is 2. The number of ether oxygens (including phenoxy) is 2. The molecule has 1 aromatic carbocycles. The molecule has 0 N–H and O–H groups in total. The summed E-state index contributed by atoms with van der Waals surface area (Å²) in [4.78, 5) is 14.3. The van der Waals surface area contributed by atoms with Crippen LogP contribution < -0.4 is 4.74 Å². The van der Waals surface area contributed by atoms with Crippen molar-refractivity contribution >= 4 is 5.91 Å². The molecule has 23 heavy (non-hydrogen) atoms. The molecule has 1 spiro atoms. The van der Waals surface area contributed by atoms with E-state index in [1.165, 1.54) is 11.1 Å². The van der Waals surface area contributed by atoms with Crippen molar-refractivity contribution in [3.05, 3.63) is 29.3 Å². The summed E-state index contributed by atoms with van der Waals surface area (Å²) < 4.78 is 11.8. The fourth-order valence-corrected chi connectivity index (χ4v) is 3.54. The summed E-state index contributed by atoms with van der Waals surface area (Å²) in [6.07, 6.45) is 4.67. The minimum absolute atomic E-state index is 0.0284. The minimum Gasteiger partial charge on any atom is -0.492 e. The Hall–Kier alpha value is -1.55. The maximum atomic E-state index is 12.3. The van der Waals surface area contributed by atoms with Crippen LogP contribution in [0.2, 0.25) is 0 Å². The highest BCUT2D eigenvalue weighted by Gasteiger charge is 2.38. The molecule has 0 aliphatic carbocycles. The Morgan fingerprint density at radius 2 is 2.09 bits per heavy atom. The average molecular weight is 317 g/mol. The highest BCUT2D eigenvalue weighted by molar-refractivity contribution is 5.76. The zero-order valence-corrected chi connectivity index (χ0v) is 14.3. The van der Waals surface area contributed by atoms with Crippen LogP contribution in [0, 0.1) is 13.8 Å². The van der Waals surface area contributed by atoms with Gasteiger partial charge in [-0.15, -0.1) is 0 Å². The second kappa shape index (κ2) is 6.91. The fraction of sp³-hybridized carbons (Fsp3) is 0.632. The van der Waals surface area contributed by atoms with Crippen molar-refractivity contribution in [2.45, 2.75) is 51.6 Å². The van der Waals surface area contributed by atoms with E-state index in [0.717, 1.165) is 44.6 Å². The molecule has 0 saturated carbocycles. The van der Waals surface area contributed by atoms with Crippen LogP contribution in [0.5, 0.6) is 5.75 Å². The highest BCUT2D eigenvalue weighted by atomic mass is 16.5. The zero-order valence-electron chi connectivity index (χ0n) is 14.3. The van der Waals surface area contributed by atoms with E-state index in [1.54, 1.807) is 0 Å². The third-order valence-electron chi connectivity index (χ3n) is 5.28. The molecule has 0 unspecified atom stereocenters. The highest BCUT2D eigenvalue weighted by Crippen LogP contribution is 2.35. The monoisotopic (exact) mass is 317 g/mol. The van der Waals surface area contributed by atoms with Gasteiger partial charge in [-0.05, 0) is 62.8 Å². The molecule has 0 radical (unpaired) electrons. The second-order valence-corrected chi connectivity index (χ2v) is 6.86. The standard InChI is InChI=1S/C19H27NO3/c1-15-4-5-17(14-16(15)2)22-13-11-20-10-9-19(7-3-12-23-19)8-6-18(20)21/h4-5,14H,3,6-13H2,1-2H3/t19-/m1/s1. The number of likely N-dealkylation sites (tertiary alicyclic amines) is 1. The molecule has 0 aromatic heterocycles. The summed E-state index contributed by atoms with van der Waals surface area (Å²) in [7, 11) is 0. The van der Waals surface area contributed by atoms with Gasteiger partial charge in [-0.3, -0.25) is 4.79 Å². The Morgan fingerprint density at radius 3 is 2.83 bits per heavy atom. The maximum absolute atomic E-state index is 12.3. The van der Waals surface area contributed by atoms with Gasteiger partial charge in [0.05, 0.1) is 12.1 Å². The number of carbonyl (C=O) groups excluding carboxylic acids is 1. The van der Waals surface area contributed by atoms with Gasteiger partial charge in [0.1, 0.15) is 12.4 Å². The van der Waals surface area contributed by atoms with Crippen LogP contribution in [-0.4, -0.2) is 42.7 Å². The van der Waals surface area contributed by atoms with Crippen LogP contribution in [0.15, 0.2) is 18.2 Å². The van der Waals surface area contributed by atoms with Gasteiger partial charge in [0.15, 0.2) is 0 Å². The van der Waals surface area contributed by atoms with Crippen LogP contribution in [0.3, 0.4) is 0 Å². The molecule has 1 atom stereocenters. The molecule has 2 heterocycles. The van der Waals surface area contributed by atoms with Crippen LogP contribution >= 0.6 is 0 Å². The summed E-state index contributed by atoms with van der Waals surface area (Å²) in [5, 5.41) is 0. The van der Waals surface area contributed by atoms with Gasteiger partial charge in [0.2, 0.25) is 5.91 Å². The molecular weight excluding hydrogens is 290 g/mol. The number of amides is 1. The summed E-state index contributed by atoms with van der Waals surface area (Å²) in [6.45, 7) is 7.01. The van der Waals surface area contributed by atoms with Crippen molar-refractivity contribution in [2.75, 3.05) is 26.3 Å². The van der Waals surface area contributed by atoms with Crippen LogP contribution in [0.4, 0.5) is 0 Å². The number of benzene rings is 1. The molecule has 2 aliphatic heterocycles. The lowest BCUT2D eigenvalue weighted by atomic mass is 9.92. The lowest BCUT2D eigenvalue weighted by Crippen LogP contribution is -2.35. The number of hydrogen-bond donors (Lipinski definition) is 0. The van der Waals surface area contributed by atoms with Gasteiger partial charge >= 0.3 is 0 Å². The summed E-state index contributed by atoms with van der Waals surface area (Å²) in [5.74, 6) is 1.12. The first-order valence-corrected chi connectivity index (χ1v) is 8.70. The molecule has 126 valence electrons. The van der Waals surface area contributed by atoms with Crippen molar-refractivity contribution in [1.82, 2.24) is 4.90 Å². The first-order valence-electron chi connectivity index (χ1n) is 8.70. The first-order chi connectivity index (χ1) is 11.1. The van der Waals surface area contributed by atoms with Crippen molar-refractivity contribution in [2.24, 2.45) is 0 Å². The smallest absolute Gasteiger partial charge is 0.222 e. The second-order valence-electron chi connectivity index (χ2n) is 6.86. The Kier molecular flexibility index (Phi) is 4.90. The van der Waals surface area contributed by atoms with Crippen LogP contribution in [0.1, 0.15) is 43.2 Å². The summed E-state index contributed by atoms with van der Waals surface area (Å²) in [5.41, 5.74) is 2.47. The predicted molar refractivity (Wildman–Crippen MR) is 89.8 cm³/mol. The quantitative estimate of drug-likeness (QED) is 0.856. The fourth-order valence-electron chi connectivity index (χ4n) is 3.54. The van der Waals surface area contributed by atoms with Crippen molar-refractivity contribution in [3.8, 4) is 5.75 Å². The number of nitrogens with zero attached hydrogens (tertiary/aromatic N) is 1. The Labute approximate surface area is 138 Å². The molecule has 1 aromatic rings. The lowest BCUT2D eigenvalue weighted by molar-refractivity contribution is -0.131. The van der Waals surface area contributed by atoms with Crippen LogP contribution in [-0.2, 0) is 9.53 Å². The topological polar surface area (TPSA) is 38.8 Å². The number of hydrogen-bond acceptors (Lipinski definition) is 3. The predicted octanol–water partition coefficient (Wildman–Crippen LogP) is 3.24. The van der Waals surface area contributed by atoms with Crippen LogP contribution in [0.25, 0.3) is 0 Å². The van der Waals surface area contributed by atoms with Gasteiger partial charge in [-0.1, -0.05) is 6.07 Å². The minimum atomic E-state index is -0.0284. The Bertz CT molecular complexity index is 564. The van der Waals surface area contributed by atoms with E-state index in [0.29, 0.717) is 19.6 Å². The molecule has 2 fully saturated rings. The van der Waals surface area contributed by atoms with Crippen molar-refractivity contribution in [3.63, 3.8) is 0 Å². The molecular formula is C19H27NO3. The molecule has 1 amide bonds. The van der Waals surface area contributed by atoms with E-state index in [-0.39, 0.29) is 11.5 Å². The third kappa shape index (κ3) is 3.86. The van der Waals surface area contributed by atoms with E-state index in [9.17, 15) is 4.79 Å². The maximum Gasteiger partial charge on any atom is 0.222 e. The van der Waals surface area contributed by atoms with E-state index in [1.807, 2.05) is 11.0 Å². The summed E-state index contributed by atoms with van der Waals surface area (Å²) >= 11 is 0. The van der Waals surface area contributed by atoms with Gasteiger partial charge in [-0.25, -0.2) is 0 Å². The number of carbonyl (C=O) groups is 1.